The van der Waals surface area contributed by atoms with Gasteiger partial charge in [0, 0.05) is 28.2 Å². The molecule has 4 rings (SSSR count). The van der Waals surface area contributed by atoms with Crippen LogP contribution >= 0.6 is 15.9 Å². The minimum atomic E-state index is -0.383. The topological polar surface area (TPSA) is 93.4 Å². The summed E-state index contributed by atoms with van der Waals surface area (Å²) >= 11 is 3.49. The molecule has 0 saturated carbocycles. The summed E-state index contributed by atoms with van der Waals surface area (Å²) in [6, 6.07) is 15.2. The molecule has 3 heterocycles. The van der Waals surface area contributed by atoms with Crippen molar-refractivity contribution in [3.05, 3.63) is 82.0 Å². The number of nitrogens with two attached hydrogens (primary N) is 1. The molecule has 0 bridgehead atoms. The Morgan fingerprint density at radius 3 is 2.93 bits per heavy atom. The standard InChI is InChI=1S/C21H17BrN6/c1-13-4-6-16(11-23)27-18(13)10-17(24)21-20(3-2-8-25-21)28-19-7-5-15(22)9-14(19)12-26-28/h2-9,12,17H,10,24H2,1H3/t17-/m0/s1. The lowest BCUT2D eigenvalue weighted by atomic mass is 10.0. The Balaban J connectivity index is 1.74. The quantitative estimate of drug-likeness (QED) is 0.525. The molecule has 0 aliphatic heterocycles. The summed E-state index contributed by atoms with van der Waals surface area (Å²) < 4.78 is 2.86. The number of rotatable bonds is 4. The predicted molar refractivity (Wildman–Crippen MR) is 111 cm³/mol. The van der Waals surface area contributed by atoms with Gasteiger partial charge in [0.05, 0.1) is 29.1 Å². The molecule has 138 valence electrons. The van der Waals surface area contributed by atoms with Crippen LogP contribution in [0.3, 0.4) is 0 Å². The number of hydrogen-bond acceptors (Lipinski definition) is 5. The summed E-state index contributed by atoms with van der Waals surface area (Å²) in [5.41, 5.74) is 11.3. The van der Waals surface area contributed by atoms with Crippen LogP contribution < -0.4 is 5.73 Å². The molecule has 0 aliphatic rings. The molecule has 0 spiro atoms. The van der Waals surface area contributed by atoms with Crippen molar-refractivity contribution >= 4 is 26.8 Å². The lowest BCUT2D eigenvalue weighted by molar-refractivity contribution is 0.669. The highest BCUT2D eigenvalue weighted by molar-refractivity contribution is 9.10. The number of pyridine rings is 2. The van der Waals surface area contributed by atoms with Gasteiger partial charge in [0.15, 0.2) is 0 Å². The van der Waals surface area contributed by atoms with Crippen molar-refractivity contribution in [3.8, 4) is 11.8 Å². The molecule has 7 heteroatoms. The highest BCUT2D eigenvalue weighted by atomic mass is 79.9. The number of aromatic nitrogens is 4. The van der Waals surface area contributed by atoms with E-state index in [1.54, 1.807) is 12.3 Å². The molecule has 0 unspecified atom stereocenters. The molecule has 0 amide bonds. The fourth-order valence-electron chi connectivity index (χ4n) is 3.21. The van der Waals surface area contributed by atoms with E-state index < -0.39 is 0 Å². The molecule has 3 aromatic heterocycles. The maximum Gasteiger partial charge on any atom is 0.140 e. The van der Waals surface area contributed by atoms with E-state index in [2.05, 4.69) is 37.1 Å². The molecular formula is C21H17BrN6. The second-order valence-electron chi connectivity index (χ2n) is 6.55. The van der Waals surface area contributed by atoms with E-state index in [0.717, 1.165) is 38.0 Å². The summed E-state index contributed by atoms with van der Waals surface area (Å²) in [5.74, 6) is 0. The Hall–Kier alpha value is -3.08. The molecule has 1 aromatic carbocycles. The second-order valence-corrected chi connectivity index (χ2v) is 7.47. The van der Waals surface area contributed by atoms with Gasteiger partial charge >= 0.3 is 0 Å². The van der Waals surface area contributed by atoms with Gasteiger partial charge in [0.1, 0.15) is 11.8 Å². The molecule has 28 heavy (non-hydrogen) atoms. The van der Waals surface area contributed by atoms with Gasteiger partial charge in [-0.2, -0.15) is 10.4 Å². The fraction of sp³-hybridized carbons (Fsp3) is 0.143. The molecule has 0 aliphatic carbocycles. The third-order valence-corrected chi connectivity index (χ3v) is 5.15. The minimum absolute atomic E-state index is 0.383. The highest BCUT2D eigenvalue weighted by Gasteiger charge is 2.18. The molecular weight excluding hydrogens is 416 g/mol. The molecule has 4 aromatic rings. The number of nitriles is 1. The van der Waals surface area contributed by atoms with Gasteiger partial charge in [-0.05, 0) is 48.9 Å². The Bertz CT molecular complexity index is 1210. The van der Waals surface area contributed by atoms with Gasteiger partial charge in [-0.25, -0.2) is 9.67 Å². The smallest absolute Gasteiger partial charge is 0.140 e. The van der Waals surface area contributed by atoms with E-state index in [0.29, 0.717) is 12.1 Å². The zero-order valence-corrected chi connectivity index (χ0v) is 16.8. The number of hydrogen-bond donors (Lipinski definition) is 1. The van der Waals surface area contributed by atoms with Crippen LogP contribution in [0.15, 0.2) is 59.3 Å². The van der Waals surface area contributed by atoms with Crippen LogP contribution in [0, 0.1) is 18.3 Å². The van der Waals surface area contributed by atoms with Gasteiger partial charge in [-0.15, -0.1) is 0 Å². The first-order valence-electron chi connectivity index (χ1n) is 8.77. The van der Waals surface area contributed by atoms with Crippen LogP contribution in [-0.4, -0.2) is 19.7 Å². The Kier molecular flexibility index (Phi) is 4.90. The molecule has 0 fully saturated rings. The van der Waals surface area contributed by atoms with Crippen molar-refractivity contribution < 1.29 is 0 Å². The van der Waals surface area contributed by atoms with Crippen molar-refractivity contribution in [1.29, 1.82) is 5.26 Å². The molecule has 6 nitrogen and oxygen atoms in total. The maximum absolute atomic E-state index is 9.12. The fourth-order valence-corrected chi connectivity index (χ4v) is 3.59. The summed E-state index contributed by atoms with van der Waals surface area (Å²) in [6.07, 6.45) is 4.04. The first-order valence-corrected chi connectivity index (χ1v) is 9.57. The minimum Gasteiger partial charge on any atom is -0.322 e. The lowest BCUT2D eigenvalue weighted by Crippen LogP contribution is -2.19. The van der Waals surface area contributed by atoms with Crippen molar-refractivity contribution in [2.75, 3.05) is 0 Å². The van der Waals surface area contributed by atoms with E-state index in [4.69, 9.17) is 11.0 Å². The molecule has 0 saturated heterocycles. The van der Waals surface area contributed by atoms with Gasteiger partial charge < -0.3 is 5.73 Å². The van der Waals surface area contributed by atoms with E-state index >= 15 is 0 Å². The van der Waals surface area contributed by atoms with Crippen molar-refractivity contribution in [3.63, 3.8) is 0 Å². The SMILES string of the molecule is Cc1ccc(C#N)nc1C[C@H](N)c1ncccc1-n1ncc2cc(Br)ccc21. The van der Waals surface area contributed by atoms with Gasteiger partial charge in [0.25, 0.3) is 0 Å². The van der Waals surface area contributed by atoms with Gasteiger partial charge in [-0.1, -0.05) is 22.0 Å². The lowest BCUT2D eigenvalue weighted by Gasteiger charge is -2.16. The Morgan fingerprint density at radius 1 is 1.25 bits per heavy atom. The number of benzene rings is 1. The third kappa shape index (κ3) is 3.40. The Labute approximate surface area is 170 Å². The predicted octanol–water partition coefficient (Wildman–Crippen LogP) is 4.00. The first-order chi connectivity index (χ1) is 13.6. The van der Waals surface area contributed by atoms with Crippen LogP contribution in [0.25, 0.3) is 16.6 Å². The van der Waals surface area contributed by atoms with Crippen LogP contribution in [0.2, 0.25) is 0 Å². The second kappa shape index (κ2) is 7.50. The van der Waals surface area contributed by atoms with Crippen molar-refractivity contribution in [2.45, 2.75) is 19.4 Å². The number of aryl methyl sites for hydroxylation is 1. The monoisotopic (exact) mass is 432 g/mol. The summed E-state index contributed by atoms with van der Waals surface area (Å²) in [5, 5.41) is 14.7. The van der Waals surface area contributed by atoms with E-state index in [9.17, 15) is 0 Å². The van der Waals surface area contributed by atoms with Crippen LogP contribution in [0.1, 0.15) is 28.7 Å². The van der Waals surface area contributed by atoms with Crippen LogP contribution in [0.4, 0.5) is 0 Å². The van der Waals surface area contributed by atoms with Crippen molar-refractivity contribution in [2.24, 2.45) is 5.73 Å². The normalized spacial score (nSPS) is 12.1. The van der Waals surface area contributed by atoms with E-state index in [1.165, 1.54) is 0 Å². The average Bonchev–Trinajstić information content (AvgIpc) is 3.12. The van der Waals surface area contributed by atoms with Crippen LogP contribution in [0.5, 0.6) is 0 Å². The number of nitrogens with zero attached hydrogens (tertiary/aromatic N) is 5. The Morgan fingerprint density at radius 2 is 2.11 bits per heavy atom. The summed E-state index contributed by atoms with van der Waals surface area (Å²) in [6.45, 7) is 1.97. The van der Waals surface area contributed by atoms with E-state index in [-0.39, 0.29) is 6.04 Å². The average molecular weight is 433 g/mol. The van der Waals surface area contributed by atoms with Crippen LogP contribution in [-0.2, 0) is 6.42 Å². The van der Waals surface area contributed by atoms with E-state index in [1.807, 2.05) is 54.2 Å². The zero-order valence-electron chi connectivity index (χ0n) is 15.2. The number of halogens is 1. The van der Waals surface area contributed by atoms with Gasteiger partial charge in [-0.3, -0.25) is 4.98 Å². The zero-order chi connectivity index (χ0) is 19.7. The number of fused-ring (bicyclic) bond motifs is 1. The molecule has 2 N–H and O–H groups in total. The molecule has 0 radical (unpaired) electrons. The maximum atomic E-state index is 9.12. The van der Waals surface area contributed by atoms with Crippen molar-refractivity contribution in [1.82, 2.24) is 19.7 Å². The summed E-state index contributed by atoms with van der Waals surface area (Å²) in [7, 11) is 0. The first kappa shape index (κ1) is 18.3. The highest BCUT2D eigenvalue weighted by Crippen LogP contribution is 2.26. The van der Waals surface area contributed by atoms with Gasteiger partial charge in [0.2, 0.25) is 0 Å². The third-order valence-electron chi connectivity index (χ3n) is 4.66. The summed E-state index contributed by atoms with van der Waals surface area (Å²) in [4.78, 5) is 8.95. The molecule has 1 atom stereocenters. The largest absolute Gasteiger partial charge is 0.322 e.